The van der Waals surface area contributed by atoms with E-state index in [1.807, 2.05) is 24.3 Å². The van der Waals surface area contributed by atoms with Crippen molar-refractivity contribution >= 4 is 17.2 Å². The van der Waals surface area contributed by atoms with Crippen molar-refractivity contribution in [1.29, 1.82) is 0 Å². The van der Waals surface area contributed by atoms with E-state index in [0.717, 1.165) is 5.56 Å². The smallest absolute Gasteiger partial charge is 0.156 e. The topological polar surface area (TPSA) is 57.4 Å². The number of thiocarbonyl (C=S) groups is 1. The first-order chi connectivity index (χ1) is 9.20. The maximum absolute atomic E-state index is 5.77. The maximum Gasteiger partial charge on any atom is 0.156 e. The van der Waals surface area contributed by atoms with Gasteiger partial charge in [0, 0.05) is 13.3 Å². The highest BCUT2D eigenvalue weighted by atomic mass is 32.1. The summed E-state index contributed by atoms with van der Waals surface area (Å²) in [5.41, 5.74) is 7.12. The van der Waals surface area contributed by atoms with Gasteiger partial charge in [0.2, 0.25) is 0 Å². The van der Waals surface area contributed by atoms with Crippen LogP contribution >= 0.6 is 12.2 Å². The molecule has 0 unspecified atom stereocenters. The molecule has 0 atom stereocenters. The van der Waals surface area contributed by atoms with E-state index in [0.29, 0.717) is 23.8 Å². The molecule has 0 radical (unpaired) electrons. The number of ether oxygens (including phenoxy) is 2. The van der Waals surface area contributed by atoms with Gasteiger partial charge in [-0.2, -0.15) is 0 Å². The Balaban J connectivity index is 2.26. The Kier molecular flexibility index (Phi) is 4.43. The molecule has 2 aromatic rings. The summed E-state index contributed by atoms with van der Waals surface area (Å²) < 4.78 is 10.9. The fraction of sp³-hybridized carbons (Fsp3) is 0.143. The molecule has 5 heteroatoms. The van der Waals surface area contributed by atoms with Crippen LogP contribution in [0, 0.1) is 0 Å². The molecule has 98 valence electrons. The van der Waals surface area contributed by atoms with E-state index < -0.39 is 0 Å². The molecule has 4 nitrogen and oxygen atoms in total. The minimum atomic E-state index is 0.212. The summed E-state index contributed by atoms with van der Waals surface area (Å²) in [4.78, 5) is 4.33. The second-order valence-corrected chi connectivity index (χ2v) is 4.34. The Labute approximate surface area is 117 Å². The molecule has 2 N–H and O–H groups in total. The molecule has 1 aromatic carbocycles. The molecule has 0 fully saturated rings. The van der Waals surface area contributed by atoms with Crippen molar-refractivity contribution in [2.75, 3.05) is 7.11 Å². The summed E-state index contributed by atoms with van der Waals surface area (Å²) in [5, 5.41) is 0. The highest BCUT2D eigenvalue weighted by Crippen LogP contribution is 2.24. The number of benzene rings is 1. The highest BCUT2D eigenvalue weighted by Gasteiger charge is 2.08. The van der Waals surface area contributed by atoms with E-state index in [9.17, 15) is 0 Å². The van der Waals surface area contributed by atoms with Crippen LogP contribution in [0.15, 0.2) is 42.6 Å². The first-order valence-electron chi connectivity index (χ1n) is 5.71. The first kappa shape index (κ1) is 13.5. The Morgan fingerprint density at radius 2 is 2.16 bits per heavy atom. The van der Waals surface area contributed by atoms with Gasteiger partial charge in [-0.3, -0.25) is 0 Å². The number of hydrogen-bond acceptors (Lipinski definition) is 4. The van der Waals surface area contributed by atoms with Crippen molar-refractivity contribution < 1.29 is 9.47 Å². The highest BCUT2D eigenvalue weighted by molar-refractivity contribution is 7.80. The quantitative estimate of drug-likeness (QED) is 0.849. The molecule has 0 amide bonds. The molecule has 1 heterocycles. The third kappa shape index (κ3) is 3.49. The van der Waals surface area contributed by atoms with Crippen LogP contribution in [0.2, 0.25) is 0 Å². The van der Waals surface area contributed by atoms with Crippen LogP contribution in [0.25, 0.3) is 0 Å². The molecule has 0 saturated carbocycles. The lowest BCUT2D eigenvalue weighted by molar-refractivity contribution is 0.184. The van der Waals surface area contributed by atoms with E-state index in [2.05, 4.69) is 4.98 Å². The number of nitrogens with two attached hydrogens (primary N) is 1. The van der Waals surface area contributed by atoms with E-state index in [-0.39, 0.29) is 4.99 Å². The fourth-order valence-electron chi connectivity index (χ4n) is 1.65. The Hall–Kier alpha value is -1.98. The summed E-state index contributed by atoms with van der Waals surface area (Å²) in [6.07, 6.45) is 1.63. The fourth-order valence-corrected chi connectivity index (χ4v) is 1.80. The lowest BCUT2D eigenvalue weighted by atomic mass is 10.2. The zero-order chi connectivity index (χ0) is 13.7. The molecule has 0 aliphatic carbocycles. The molecule has 1 aromatic heterocycles. The number of pyridine rings is 1. The molecule has 0 aliphatic heterocycles. The average molecular weight is 274 g/mol. The van der Waals surface area contributed by atoms with Crippen LogP contribution in [-0.2, 0) is 11.3 Å². The third-order valence-corrected chi connectivity index (χ3v) is 2.63. The van der Waals surface area contributed by atoms with Crippen molar-refractivity contribution in [3.8, 4) is 11.5 Å². The number of hydrogen-bond donors (Lipinski definition) is 1. The van der Waals surface area contributed by atoms with E-state index in [1.54, 1.807) is 25.4 Å². The number of rotatable bonds is 5. The lowest BCUT2D eigenvalue weighted by Gasteiger charge is -2.10. The normalized spacial score (nSPS) is 10.2. The van der Waals surface area contributed by atoms with Crippen molar-refractivity contribution in [3.63, 3.8) is 0 Å². The van der Waals surface area contributed by atoms with Gasteiger partial charge in [-0.05, 0) is 29.8 Å². The van der Waals surface area contributed by atoms with Gasteiger partial charge in [0.05, 0.1) is 6.61 Å². The minimum absolute atomic E-state index is 0.212. The zero-order valence-electron chi connectivity index (χ0n) is 10.5. The molecule has 0 bridgehead atoms. The SMILES string of the molecule is COCc1cccc(Oc2cccnc2C(N)=S)c1. The van der Waals surface area contributed by atoms with Crippen LogP contribution in [-0.4, -0.2) is 17.1 Å². The second-order valence-electron chi connectivity index (χ2n) is 3.90. The van der Waals surface area contributed by atoms with Crippen molar-refractivity contribution in [3.05, 3.63) is 53.9 Å². The summed E-state index contributed by atoms with van der Waals surface area (Å²) in [7, 11) is 1.65. The van der Waals surface area contributed by atoms with Gasteiger partial charge >= 0.3 is 0 Å². The number of aromatic nitrogens is 1. The van der Waals surface area contributed by atoms with Gasteiger partial charge in [-0.15, -0.1) is 0 Å². The molecule has 19 heavy (non-hydrogen) atoms. The molecule has 2 rings (SSSR count). The molecular weight excluding hydrogens is 260 g/mol. The predicted octanol–water partition coefficient (Wildman–Crippen LogP) is 2.65. The van der Waals surface area contributed by atoms with Gasteiger partial charge in [-0.1, -0.05) is 24.4 Å². The average Bonchev–Trinajstić information content (AvgIpc) is 2.40. The third-order valence-electron chi connectivity index (χ3n) is 2.44. The van der Waals surface area contributed by atoms with Gasteiger partial charge in [0.1, 0.15) is 16.4 Å². The van der Waals surface area contributed by atoms with Crippen molar-refractivity contribution in [2.24, 2.45) is 5.73 Å². The summed E-state index contributed by atoms with van der Waals surface area (Å²) in [5.74, 6) is 1.24. The van der Waals surface area contributed by atoms with Crippen molar-refractivity contribution in [2.45, 2.75) is 6.61 Å². The van der Waals surface area contributed by atoms with Crippen LogP contribution in [0.5, 0.6) is 11.5 Å². The summed E-state index contributed by atoms with van der Waals surface area (Å²) in [6.45, 7) is 0.534. The van der Waals surface area contributed by atoms with E-state index in [4.69, 9.17) is 27.4 Å². The first-order valence-corrected chi connectivity index (χ1v) is 6.12. The number of nitrogens with zero attached hydrogens (tertiary/aromatic N) is 1. The Bertz CT molecular complexity index is 587. The Morgan fingerprint density at radius 3 is 2.89 bits per heavy atom. The van der Waals surface area contributed by atoms with Crippen LogP contribution in [0.4, 0.5) is 0 Å². The Morgan fingerprint density at radius 1 is 1.32 bits per heavy atom. The minimum Gasteiger partial charge on any atom is -0.455 e. The van der Waals surface area contributed by atoms with Gasteiger partial charge in [-0.25, -0.2) is 4.98 Å². The van der Waals surface area contributed by atoms with Gasteiger partial charge < -0.3 is 15.2 Å². The van der Waals surface area contributed by atoms with Crippen LogP contribution in [0.1, 0.15) is 11.3 Å². The van der Waals surface area contributed by atoms with E-state index in [1.165, 1.54) is 0 Å². The lowest BCUT2D eigenvalue weighted by Crippen LogP contribution is -2.12. The number of methoxy groups -OCH3 is 1. The van der Waals surface area contributed by atoms with Gasteiger partial charge in [0.15, 0.2) is 5.75 Å². The molecular formula is C14H14N2O2S. The van der Waals surface area contributed by atoms with Gasteiger partial charge in [0.25, 0.3) is 0 Å². The molecule has 0 aliphatic rings. The summed E-state index contributed by atoms with van der Waals surface area (Å²) >= 11 is 4.95. The summed E-state index contributed by atoms with van der Waals surface area (Å²) in [6, 6.07) is 11.2. The van der Waals surface area contributed by atoms with Crippen LogP contribution < -0.4 is 10.5 Å². The monoisotopic (exact) mass is 274 g/mol. The molecule has 0 spiro atoms. The van der Waals surface area contributed by atoms with Crippen LogP contribution in [0.3, 0.4) is 0 Å². The van der Waals surface area contributed by atoms with Crippen molar-refractivity contribution in [1.82, 2.24) is 4.98 Å². The largest absolute Gasteiger partial charge is 0.455 e. The maximum atomic E-state index is 5.77. The predicted molar refractivity (Wildman–Crippen MR) is 77.4 cm³/mol. The van der Waals surface area contributed by atoms with E-state index >= 15 is 0 Å². The second kappa shape index (κ2) is 6.26. The standard InChI is InChI=1S/C14H14N2O2S/c1-17-9-10-4-2-5-11(8-10)18-12-6-3-7-16-13(12)14(15)19/h2-8H,9H2,1H3,(H2,15,19). The zero-order valence-corrected chi connectivity index (χ0v) is 11.3. The molecule has 0 saturated heterocycles.